The molecule has 0 aromatic carbocycles. The highest BCUT2D eigenvalue weighted by Gasteiger charge is 2.35. The van der Waals surface area contributed by atoms with E-state index in [9.17, 15) is 8.78 Å². The molecule has 0 spiro atoms. The summed E-state index contributed by atoms with van der Waals surface area (Å²) in [7, 11) is 0. The monoisotopic (exact) mass is 370 g/mol. The van der Waals surface area contributed by atoms with Crippen LogP contribution >= 0.6 is 0 Å². The number of halogens is 2. The number of hydrogen-bond acceptors (Lipinski definition) is 4. The molecule has 1 fully saturated rings. The van der Waals surface area contributed by atoms with Crippen molar-refractivity contribution in [3.8, 4) is 11.1 Å². The maximum atomic E-state index is 13.3. The van der Waals surface area contributed by atoms with Crippen molar-refractivity contribution in [3.05, 3.63) is 54.9 Å². The van der Waals surface area contributed by atoms with Gasteiger partial charge in [-0.1, -0.05) is 0 Å². The number of pyridine rings is 1. The molecule has 0 unspecified atom stereocenters. The van der Waals surface area contributed by atoms with Gasteiger partial charge in [0.25, 0.3) is 0 Å². The zero-order chi connectivity index (χ0) is 18.4. The molecule has 2 aliphatic rings. The molecule has 1 aliphatic carbocycles. The molecule has 2 N–H and O–H groups in total. The lowest BCUT2D eigenvalue weighted by atomic mass is 9.93. The van der Waals surface area contributed by atoms with Gasteiger partial charge in [-0.3, -0.25) is 0 Å². The number of nitrogens with zero attached hydrogens (tertiary/aromatic N) is 4. The van der Waals surface area contributed by atoms with Gasteiger partial charge in [0, 0.05) is 61.0 Å². The van der Waals surface area contributed by atoms with E-state index in [0.717, 1.165) is 22.5 Å². The smallest absolute Gasteiger partial charge is 0.248 e. The summed E-state index contributed by atoms with van der Waals surface area (Å²) in [6, 6.07) is 6.14. The Bertz CT molecular complexity index is 995. The maximum absolute atomic E-state index is 13.3. The first-order chi connectivity index (χ1) is 13.1. The maximum Gasteiger partial charge on any atom is 0.248 e. The number of hydrazine groups is 2. The van der Waals surface area contributed by atoms with Gasteiger partial charge in [-0.15, -0.1) is 0 Å². The number of alkyl halides is 2. The molecule has 1 saturated carbocycles. The van der Waals surface area contributed by atoms with E-state index in [4.69, 9.17) is 0 Å². The van der Waals surface area contributed by atoms with Gasteiger partial charge in [-0.25, -0.2) is 34.5 Å². The lowest BCUT2D eigenvalue weighted by molar-refractivity contribution is -0.0449. The third kappa shape index (κ3) is 3.06. The van der Waals surface area contributed by atoms with Gasteiger partial charge in [0.05, 0.1) is 5.69 Å². The first kappa shape index (κ1) is 16.3. The van der Waals surface area contributed by atoms with E-state index in [1.165, 1.54) is 0 Å². The summed E-state index contributed by atoms with van der Waals surface area (Å²) in [5.74, 6) is -2.51. The van der Waals surface area contributed by atoms with Crippen molar-refractivity contribution in [3.63, 3.8) is 0 Å². The molecule has 3 aromatic rings. The molecular formula is C19H20F2N6. The summed E-state index contributed by atoms with van der Waals surface area (Å²) < 4.78 is 30.5. The highest BCUT2D eigenvalue weighted by Crippen LogP contribution is 2.33. The van der Waals surface area contributed by atoms with Crippen LogP contribution in [0.25, 0.3) is 22.9 Å². The van der Waals surface area contributed by atoms with Crippen molar-refractivity contribution in [2.75, 3.05) is 5.53 Å². The number of aromatic nitrogens is 3. The molecule has 140 valence electrons. The average molecular weight is 370 g/mol. The van der Waals surface area contributed by atoms with Crippen LogP contribution in [0.4, 0.5) is 8.78 Å². The number of imidazole rings is 1. The van der Waals surface area contributed by atoms with Crippen molar-refractivity contribution in [2.45, 2.75) is 37.6 Å². The largest absolute Gasteiger partial charge is 0.306 e. The van der Waals surface area contributed by atoms with Crippen LogP contribution < -0.4 is 11.0 Å². The van der Waals surface area contributed by atoms with E-state index in [1.807, 2.05) is 39.8 Å². The SMILES string of the molecule is FC1(F)CCC(NN2C=Cc3c(-c4ccc5nccn5c4)ccn3N2)CC1. The highest BCUT2D eigenvalue weighted by atomic mass is 19.3. The van der Waals surface area contributed by atoms with Gasteiger partial charge in [0.15, 0.2) is 0 Å². The third-order valence-electron chi connectivity index (χ3n) is 5.26. The highest BCUT2D eigenvalue weighted by molar-refractivity contribution is 5.75. The van der Waals surface area contributed by atoms with Crippen molar-refractivity contribution in [1.29, 1.82) is 0 Å². The van der Waals surface area contributed by atoms with Crippen molar-refractivity contribution < 1.29 is 8.78 Å². The van der Waals surface area contributed by atoms with Gasteiger partial charge in [0.1, 0.15) is 5.65 Å². The second-order valence-corrected chi connectivity index (χ2v) is 7.14. The Kier molecular flexibility index (Phi) is 3.68. The van der Waals surface area contributed by atoms with Gasteiger partial charge >= 0.3 is 0 Å². The minimum absolute atomic E-state index is 0.0435. The lowest BCUT2D eigenvalue weighted by Crippen LogP contribution is -2.50. The Morgan fingerprint density at radius 3 is 2.85 bits per heavy atom. The zero-order valence-corrected chi connectivity index (χ0v) is 14.6. The predicted molar refractivity (Wildman–Crippen MR) is 99.2 cm³/mol. The molecule has 27 heavy (non-hydrogen) atoms. The summed E-state index contributed by atoms with van der Waals surface area (Å²) in [5.41, 5.74) is 10.6. The first-order valence-electron chi connectivity index (χ1n) is 9.10. The van der Waals surface area contributed by atoms with Crippen LogP contribution in [0.15, 0.2) is 49.2 Å². The van der Waals surface area contributed by atoms with E-state index in [1.54, 1.807) is 11.3 Å². The van der Waals surface area contributed by atoms with Gasteiger partial charge in [0.2, 0.25) is 5.92 Å². The Morgan fingerprint density at radius 1 is 1.15 bits per heavy atom. The predicted octanol–water partition coefficient (Wildman–Crippen LogP) is 3.63. The van der Waals surface area contributed by atoms with Gasteiger partial charge in [-0.2, -0.15) is 0 Å². The molecule has 0 amide bonds. The number of fused-ring (bicyclic) bond motifs is 2. The van der Waals surface area contributed by atoms with E-state index >= 15 is 0 Å². The Labute approximate surface area is 155 Å². The number of nitrogens with one attached hydrogen (secondary N) is 2. The average Bonchev–Trinajstić information content (AvgIpc) is 3.29. The van der Waals surface area contributed by atoms with Crippen LogP contribution in [0.5, 0.6) is 0 Å². The molecule has 0 radical (unpaired) electrons. The minimum atomic E-state index is -2.51. The molecule has 4 heterocycles. The molecule has 3 aromatic heterocycles. The van der Waals surface area contributed by atoms with E-state index in [2.05, 4.69) is 34.3 Å². The van der Waals surface area contributed by atoms with Crippen LogP contribution in [0.3, 0.4) is 0 Å². The van der Waals surface area contributed by atoms with Crippen LogP contribution in [0, 0.1) is 0 Å². The molecule has 1 aliphatic heterocycles. The number of rotatable bonds is 3. The van der Waals surface area contributed by atoms with Crippen LogP contribution in [0.1, 0.15) is 31.4 Å². The standard InChI is InChI=1S/C19H20F2N6/c20-19(21)7-3-15(4-8-19)23-27-11-6-17-16(5-10-26(17)24-27)14-1-2-18-22-9-12-25(18)13-14/h1-2,5-6,9-13,15,23-24H,3-4,7-8H2. The molecule has 8 heteroatoms. The summed E-state index contributed by atoms with van der Waals surface area (Å²) in [5, 5.41) is 1.74. The van der Waals surface area contributed by atoms with Crippen molar-refractivity contribution >= 4 is 11.7 Å². The summed E-state index contributed by atoms with van der Waals surface area (Å²) >= 11 is 0. The minimum Gasteiger partial charge on any atom is -0.306 e. The van der Waals surface area contributed by atoms with Gasteiger partial charge in [-0.05, 0) is 37.1 Å². The van der Waals surface area contributed by atoms with Crippen LogP contribution in [0.2, 0.25) is 0 Å². The van der Waals surface area contributed by atoms with E-state index < -0.39 is 5.92 Å². The molecule has 0 atom stereocenters. The fraction of sp³-hybridized carbons (Fsp3) is 0.316. The fourth-order valence-corrected chi connectivity index (χ4v) is 3.76. The summed E-state index contributed by atoms with van der Waals surface area (Å²) in [4.78, 5) is 4.27. The Morgan fingerprint density at radius 2 is 2.00 bits per heavy atom. The van der Waals surface area contributed by atoms with E-state index in [-0.39, 0.29) is 18.9 Å². The van der Waals surface area contributed by atoms with E-state index in [0.29, 0.717) is 12.8 Å². The van der Waals surface area contributed by atoms with Crippen LogP contribution in [-0.4, -0.2) is 31.1 Å². The Balaban J connectivity index is 1.32. The summed E-state index contributed by atoms with van der Waals surface area (Å²) in [6.45, 7) is 0. The quantitative estimate of drug-likeness (QED) is 0.739. The van der Waals surface area contributed by atoms with Crippen molar-refractivity contribution in [1.82, 2.24) is 24.6 Å². The lowest BCUT2D eigenvalue weighted by Gasteiger charge is -2.35. The van der Waals surface area contributed by atoms with Gasteiger partial charge < -0.3 is 4.40 Å². The molecular weight excluding hydrogens is 350 g/mol. The summed E-state index contributed by atoms with van der Waals surface area (Å²) in [6.07, 6.45) is 12.4. The van der Waals surface area contributed by atoms with Crippen molar-refractivity contribution in [2.24, 2.45) is 0 Å². The normalized spacial score (nSPS) is 19.3. The Hall–Kier alpha value is -2.87. The third-order valence-corrected chi connectivity index (χ3v) is 5.26. The molecule has 0 saturated heterocycles. The first-order valence-corrected chi connectivity index (χ1v) is 9.10. The molecule has 5 rings (SSSR count). The zero-order valence-electron chi connectivity index (χ0n) is 14.6. The molecule has 0 bridgehead atoms. The fourth-order valence-electron chi connectivity index (χ4n) is 3.76. The topological polar surface area (TPSA) is 49.5 Å². The molecule has 6 nitrogen and oxygen atoms in total. The number of hydrogen-bond donors (Lipinski definition) is 2. The second kappa shape index (κ2) is 6.09. The second-order valence-electron chi connectivity index (χ2n) is 7.14. The van der Waals surface area contributed by atoms with Crippen LogP contribution in [-0.2, 0) is 0 Å².